The number of hydrogen-bond acceptors (Lipinski definition) is 7. The SMILES string of the molecule is COc1ccc(C(=O)N[C@@H](CC(=O)O)c2ccccc2C)nc1-c1ccnc(N2CCOCC2)c1. The van der Waals surface area contributed by atoms with Gasteiger partial charge in [0, 0.05) is 24.8 Å². The van der Waals surface area contributed by atoms with Crippen molar-refractivity contribution in [2.24, 2.45) is 0 Å². The Kier molecular flexibility index (Phi) is 7.57. The molecule has 0 radical (unpaired) electrons. The number of pyridine rings is 2. The highest BCUT2D eigenvalue weighted by Gasteiger charge is 2.22. The molecule has 1 saturated heterocycles. The van der Waals surface area contributed by atoms with Gasteiger partial charge >= 0.3 is 5.97 Å². The highest BCUT2D eigenvalue weighted by atomic mass is 16.5. The number of carbonyl (C=O) groups is 2. The first-order chi connectivity index (χ1) is 17.0. The summed E-state index contributed by atoms with van der Waals surface area (Å²) in [5.74, 6) is -0.160. The lowest BCUT2D eigenvalue weighted by atomic mass is 9.98. The first-order valence-electron chi connectivity index (χ1n) is 11.4. The maximum Gasteiger partial charge on any atom is 0.305 e. The van der Waals surface area contributed by atoms with Crippen molar-refractivity contribution in [1.82, 2.24) is 15.3 Å². The van der Waals surface area contributed by atoms with Gasteiger partial charge in [0.1, 0.15) is 23.0 Å². The van der Waals surface area contributed by atoms with Crippen molar-refractivity contribution in [1.29, 1.82) is 0 Å². The molecule has 0 saturated carbocycles. The van der Waals surface area contributed by atoms with E-state index in [0.717, 1.165) is 35.6 Å². The van der Waals surface area contributed by atoms with Gasteiger partial charge in [0.2, 0.25) is 0 Å². The largest absolute Gasteiger partial charge is 0.494 e. The highest BCUT2D eigenvalue weighted by molar-refractivity contribution is 5.94. The smallest absolute Gasteiger partial charge is 0.305 e. The number of nitrogens with one attached hydrogen (secondary N) is 1. The van der Waals surface area contributed by atoms with Gasteiger partial charge in [0.25, 0.3) is 5.91 Å². The van der Waals surface area contributed by atoms with Crippen LogP contribution in [0.2, 0.25) is 0 Å². The minimum absolute atomic E-state index is 0.162. The third-order valence-corrected chi connectivity index (χ3v) is 5.91. The van der Waals surface area contributed by atoms with E-state index in [9.17, 15) is 14.7 Å². The first-order valence-corrected chi connectivity index (χ1v) is 11.4. The van der Waals surface area contributed by atoms with Crippen molar-refractivity contribution < 1.29 is 24.2 Å². The van der Waals surface area contributed by atoms with E-state index in [0.29, 0.717) is 24.7 Å². The molecule has 0 spiro atoms. The Bertz CT molecular complexity index is 1210. The summed E-state index contributed by atoms with van der Waals surface area (Å²) < 4.78 is 10.9. The average Bonchev–Trinajstić information content (AvgIpc) is 2.88. The lowest BCUT2D eigenvalue weighted by Crippen LogP contribution is -2.36. The van der Waals surface area contributed by atoms with E-state index in [4.69, 9.17) is 9.47 Å². The zero-order chi connectivity index (χ0) is 24.8. The van der Waals surface area contributed by atoms with E-state index in [1.54, 1.807) is 25.4 Å². The molecule has 1 aromatic carbocycles. The number of carboxylic acids is 1. The van der Waals surface area contributed by atoms with Crippen molar-refractivity contribution in [3.05, 3.63) is 71.5 Å². The van der Waals surface area contributed by atoms with Gasteiger partial charge < -0.3 is 24.8 Å². The van der Waals surface area contributed by atoms with Crippen molar-refractivity contribution in [3.8, 4) is 17.0 Å². The third-order valence-electron chi connectivity index (χ3n) is 5.91. The van der Waals surface area contributed by atoms with Crippen LogP contribution in [0.4, 0.5) is 5.82 Å². The number of anilines is 1. The van der Waals surface area contributed by atoms with Gasteiger partial charge in [-0.15, -0.1) is 0 Å². The Hall–Kier alpha value is -3.98. The average molecular weight is 477 g/mol. The molecule has 1 fully saturated rings. The number of carboxylic acid groups (broad SMARTS) is 1. The van der Waals surface area contributed by atoms with E-state index in [1.165, 1.54) is 0 Å². The number of morpholine rings is 1. The molecule has 2 aromatic heterocycles. The van der Waals surface area contributed by atoms with Gasteiger partial charge in [-0.1, -0.05) is 24.3 Å². The van der Waals surface area contributed by atoms with Gasteiger partial charge in [-0.2, -0.15) is 0 Å². The monoisotopic (exact) mass is 476 g/mol. The predicted molar refractivity (Wildman–Crippen MR) is 131 cm³/mol. The third kappa shape index (κ3) is 5.75. The number of methoxy groups -OCH3 is 1. The van der Waals surface area contributed by atoms with E-state index in [-0.39, 0.29) is 12.1 Å². The summed E-state index contributed by atoms with van der Waals surface area (Å²) in [7, 11) is 1.55. The molecule has 3 aromatic rings. The number of aliphatic carboxylic acids is 1. The van der Waals surface area contributed by atoms with Crippen LogP contribution in [0.5, 0.6) is 5.75 Å². The van der Waals surface area contributed by atoms with Crippen LogP contribution in [0.3, 0.4) is 0 Å². The number of aromatic nitrogens is 2. The molecule has 1 aliphatic heterocycles. The second-order valence-corrected chi connectivity index (χ2v) is 8.23. The molecule has 35 heavy (non-hydrogen) atoms. The number of carbonyl (C=O) groups excluding carboxylic acids is 1. The Balaban J connectivity index is 1.63. The Labute approximate surface area is 203 Å². The van der Waals surface area contributed by atoms with Crippen molar-refractivity contribution >= 4 is 17.7 Å². The summed E-state index contributed by atoms with van der Waals surface area (Å²) in [4.78, 5) is 35.9. The topological polar surface area (TPSA) is 114 Å². The van der Waals surface area contributed by atoms with E-state index in [2.05, 4.69) is 20.2 Å². The van der Waals surface area contributed by atoms with Gasteiger partial charge in [0.15, 0.2) is 0 Å². The summed E-state index contributed by atoms with van der Waals surface area (Å²) in [5.41, 5.74) is 3.07. The summed E-state index contributed by atoms with van der Waals surface area (Å²) in [5, 5.41) is 12.3. The lowest BCUT2D eigenvalue weighted by molar-refractivity contribution is -0.137. The fourth-order valence-electron chi connectivity index (χ4n) is 4.10. The van der Waals surface area contributed by atoms with Crippen LogP contribution in [0.1, 0.15) is 34.1 Å². The van der Waals surface area contributed by atoms with Gasteiger partial charge in [-0.05, 0) is 42.3 Å². The maximum absolute atomic E-state index is 13.2. The fraction of sp³-hybridized carbons (Fsp3) is 0.308. The molecule has 0 aliphatic carbocycles. The van der Waals surface area contributed by atoms with Crippen LogP contribution < -0.4 is 15.0 Å². The van der Waals surface area contributed by atoms with Gasteiger partial charge in [-0.3, -0.25) is 9.59 Å². The number of nitrogens with zero attached hydrogens (tertiary/aromatic N) is 3. The van der Waals surface area contributed by atoms with Crippen LogP contribution in [-0.2, 0) is 9.53 Å². The summed E-state index contributed by atoms with van der Waals surface area (Å²) in [6.07, 6.45) is 1.46. The highest BCUT2D eigenvalue weighted by Crippen LogP contribution is 2.30. The standard InChI is InChI=1S/C26H28N4O5/c1-17-5-3-4-6-19(17)21(16-24(31)32)29-26(33)20-7-8-22(34-2)25(28-20)18-9-10-27-23(15-18)30-11-13-35-14-12-30/h3-10,15,21H,11-14,16H2,1-2H3,(H,29,33)(H,31,32)/t21-/m0/s1. The summed E-state index contributed by atoms with van der Waals surface area (Å²) in [6.45, 7) is 4.65. The molecule has 1 atom stereocenters. The van der Waals surface area contributed by atoms with Gasteiger partial charge in [-0.25, -0.2) is 9.97 Å². The fourth-order valence-corrected chi connectivity index (χ4v) is 4.10. The van der Waals surface area contributed by atoms with Crippen molar-refractivity contribution in [2.75, 3.05) is 38.3 Å². The number of benzene rings is 1. The number of amides is 1. The molecule has 9 nitrogen and oxygen atoms in total. The number of aryl methyl sites for hydroxylation is 1. The molecular weight excluding hydrogens is 448 g/mol. The predicted octanol–water partition coefficient (Wildman–Crippen LogP) is 3.24. The molecule has 0 unspecified atom stereocenters. The Morgan fingerprint density at radius 3 is 2.66 bits per heavy atom. The van der Waals surface area contributed by atoms with Crippen LogP contribution in [-0.4, -0.2) is 60.4 Å². The van der Waals surface area contributed by atoms with E-state index >= 15 is 0 Å². The van der Waals surface area contributed by atoms with Crippen molar-refractivity contribution in [3.63, 3.8) is 0 Å². The quantitative estimate of drug-likeness (QED) is 0.509. The number of hydrogen-bond donors (Lipinski definition) is 2. The van der Waals surface area contributed by atoms with Crippen LogP contribution in [0.15, 0.2) is 54.7 Å². The second-order valence-electron chi connectivity index (χ2n) is 8.23. The maximum atomic E-state index is 13.2. The zero-order valence-electron chi connectivity index (χ0n) is 19.7. The van der Waals surface area contributed by atoms with Crippen LogP contribution in [0.25, 0.3) is 11.3 Å². The minimum Gasteiger partial charge on any atom is -0.494 e. The van der Waals surface area contributed by atoms with Gasteiger partial charge in [0.05, 0.1) is 32.8 Å². The zero-order valence-corrected chi connectivity index (χ0v) is 19.7. The molecule has 182 valence electrons. The number of ether oxygens (including phenoxy) is 2. The van der Waals surface area contributed by atoms with E-state index < -0.39 is 17.9 Å². The molecule has 1 amide bonds. The molecular formula is C26H28N4O5. The molecule has 9 heteroatoms. The molecule has 1 aliphatic rings. The molecule has 2 N–H and O–H groups in total. The van der Waals surface area contributed by atoms with Crippen LogP contribution in [0, 0.1) is 6.92 Å². The normalized spacial score (nSPS) is 14.3. The van der Waals surface area contributed by atoms with Crippen molar-refractivity contribution in [2.45, 2.75) is 19.4 Å². The lowest BCUT2D eigenvalue weighted by Gasteiger charge is -2.28. The summed E-state index contributed by atoms with van der Waals surface area (Å²) in [6, 6.07) is 13.7. The number of rotatable bonds is 8. The van der Waals surface area contributed by atoms with Crippen LogP contribution >= 0.6 is 0 Å². The van der Waals surface area contributed by atoms with E-state index in [1.807, 2.05) is 43.3 Å². The second kappa shape index (κ2) is 11.0. The first kappa shape index (κ1) is 24.2. The minimum atomic E-state index is -1.01. The Morgan fingerprint density at radius 1 is 1.17 bits per heavy atom. The molecule has 0 bridgehead atoms. The summed E-state index contributed by atoms with van der Waals surface area (Å²) >= 11 is 0. The Morgan fingerprint density at radius 2 is 1.94 bits per heavy atom. The molecule has 3 heterocycles. The molecule has 4 rings (SSSR count).